The van der Waals surface area contributed by atoms with E-state index < -0.39 is 6.10 Å². The number of nitrogens with two attached hydrogens (primary N) is 1. The summed E-state index contributed by atoms with van der Waals surface area (Å²) >= 11 is 3.43. The zero-order valence-electron chi connectivity index (χ0n) is 7.50. The number of halogens is 1. The first kappa shape index (κ1) is 9.71. The maximum atomic E-state index is 9.57. The van der Waals surface area contributed by atoms with E-state index in [9.17, 15) is 5.11 Å². The second-order valence-corrected chi connectivity index (χ2v) is 4.05. The number of benzene rings is 1. The Labute approximate surface area is 90.1 Å². The maximum Gasteiger partial charge on any atom is 0.0912 e. The molecule has 0 saturated carbocycles. The molecule has 0 aliphatic rings. The molecule has 0 radical (unpaired) electrons. The van der Waals surface area contributed by atoms with Crippen LogP contribution in [0.2, 0.25) is 0 Å². The Morgan fingerprint density at radius 2 is 2.29 bits per heavy atom. The van der Waals surface area contributed by atoms with Crippen molar-refractivity contribution in [1.82, 2.24) is 4.98 Å². The van der Waals surface area contributed by atoms with Crippen molar-refractivity contribution in [3.63, 3.8) is 0 Å². The van der Waals surface area contributed by atoms with Crippen molar-refractivity contribution in [2.24, 2.45) is 5.73 Å². The second kappa shape index (κ2) is 3.73. The van der Waals surface area contributed by atoms with E-state index in [2.05, 4.69) is 20.9 Å². The van der Waals surface area contributed by atoms with Gasteiger partial charge in [-0.2, -0.15) is 0 Å². The Kier molecular flexibility index (Phi) is 2.58. The summed E-state index contributed by atoms with van der Waals surface area (Å²) in [4.78, 5) is 3.11. The fourth-order valence-electron chi connectivity index (χ4n) is 1.45. The highest BCUT2D eigenvalue weighted by Gasteiger charge is 2.07. The van der Waals surface area contributed by atoms with Crippen molar-refractivity contribution in [3.8, 4) is 0 Å². The lowest BCUT2D eigenvalue weighted by Crippen LogP contribution is -2.11. The van der Waals surface area contributed by atoms with Gasteiger partial charge in [-0.1, -0.05) is 6.07 Å². The Morgan fingerprint density at radius 1 is 1.50 bits per heavy atom. The molecule has 1 atom stereocenters. The van der Waals surface area contributed by atoms with Gasteiger partial charge in [-0.3, -0.25) is 0 Å². The van der Waals surface area contributed by atoms with Gasteiger partial charge in [-0.15, -0.1) is 0 Å². The summed E-state index contributed by atoms with van der Waals surface area (Å²) < 4.78 is 0.999. The molecule has 0 aliphatic heterocycles. The van der Waals surface area contributed by atoms with Crippen LogP contribution in [0.25, 0.3) is 10.9 Å². The zero-order chi connectivity index (χ0) is 10.1. The highest BCUT2D eigenvalue weighted by atomic mass is 79.9. The first-order valence-electron chi connectivity index (χ1n) is 4.37. The molecule has 0 aliphatic carbocycles. The van der Waals surface area contributed by atoms with Gasteiger partial charge in [0.1, 0.15) is 0 Å². The lowest BCUT2D eigenvalue weighted by Gasteiger charge is -2.07. The Balaban J connectivity index is 2.54. The largest absolute Gasteiger partial charge is 0.387 e. The van der Waals surface area contributed by atoms with E-state index >= 15 is 0 Å². The molecule has 1 unspecified atom stereocenters. The molecule has 3 nitrogen and oxygen atoms in total. The summed E-state index contributed by atoms with van der Waals surface area (Å²) in [5.41, 5.74) is 7.29. The van der Waals surface area contributed by atoms with Crippen molar-refractivity contribution in [3.05, 3.63) is 34.4 Å². The Bertz CT molecular complexity index is 452. The van der Waals surface area contributed by atoms with Gasteiger partial charge < -0.3 is 15.8 Å². The fraction of sp³-hybridized carbons (Fsp3) is 0.200. The molecular weight excluding hydrogens is 244 g/mol. The van der Waals surface area contributed by atoms with Crippen molar-refractivity contribution in [1.29, 1.82) is 0 Å². The van der Waals surface area contributed by atoms with Crippen LogP contribution in [0.4, 0.5) is 0 Å². The van der Waals surface area contributed by atoms with Gasteiger partial charge in [0.2, 0.25) is 0 Å². The van der Waals surface area contributed by atoms with E-state index in [1.807, 2.05) is 24.4 Å². The van der Waals surface area contributed by atoms with E-state index in [4.69, 9.17) is 5.73 Å². The molecule has 14 heavy (non-hydrogen) atoms. The smallest absolute Gasteiger partial charge is 0.0912 e. The molecule has 0 saturated heterocycles. The molecule has 0 fully saturated rings. The Morgan fingerprint density at radius 3 is 3.00 bits per heavy atom. The van der Waals surface area contributed by atoms with E-state index in [-0.39, 0.29) is 6.54 Å². The van der Waals surface area contributed by atoms with Gasteiger partial charge in [-0.25, -0.2) is 0 Å². The number of aliphatic hydroxyl groups excluding tert-OH is 1. The molecule has 74 valence electrons. The van der Waals surface area contributed by atoms with Crippen LogP contribution in [0.1, 0.15) is 11.7 Å². The highest BCUT2D eigenvalue weighted by Crippen LogP contribution is 2.26. The van der Waals surface area contributed by atoms with Gasteiger partial charge >= 0.3 is 0 Å². The van der Waals surface area contributed by atoms with E-state index in [1.165, 1.54) is 0 Å². The normalized spacial score (nSPS) is 13.4. The molecule has 1 aromatic carbocycles. The summed E-state index contributed by atoms with van der Waals surface area (Å²) in [6.07, 6.45) is 1.30. The van der Waals surface area contributed by atoms with Gasteiger partial charge in [-0.05, 0) is 33.6 Å². The molecule has 0 spiro atoms. The topological polar surface area (TPSA) is 62.0 Å². The van der Waals surface area contributed by atoms with Crippen LogP contribution in [0.5, 0.6) is 0 Å². The Hall–Kier alpha value is -0.840. The van der Waals surface area contributed by atoms with Crippen LogP contribution in [0.15, 0.2) is 28.9 Å². The number of H-pyrrole nitrogens is 1. The minimum Gasteiger partial charge on any atom is -0.387 e. The van der Waals surface area contributed by atoms with Crippen LogP contribution in [-0.4, -0.2) is 16.6 Å². The number of fused-ring (bicyclic) bond motifs is 1. The molecule has 1 heterocycles. The monoisotopic (exact) mass is 254 g/mol. The summed E-state index contributed by atoms with van der Waals surface area (Å²) in [5.74, 6) is 0. The number of aliphatic hydroxyl groups is 1. The quantitative estimate of drug-likeness (QED) is 0.767. The van der Waals surface area contributed by atoms with Gasteiger partial charge in [0.05, 0.1) is 6.10 Å². The van der Waals surface area contributed by atoms with Crippen LogP contribution < -0.4 is 5.73 Å². The van der Waals surface area contributed by atoms with Crippen LogP contribution in [0.3, 0.4) is 0 Å². The average Bonchev–Trinajstić information content (AvgIpc) is 2.59. The van der Waals surface area contributed by atoms with E-state index in [0.29, 0.717) is 0 Å². The summed E-state index contributed by atoms with van der Waals surface area (Å²) in [6.45, 7) is 0.244. The van der Waals surface area contributed by atoms with Crippen molar-refractivity contribution >= 4 is 26.8 Å². The third-order valence-electron chi connectivity index (χ3n) is 2.26. The molecule has 4 N–H and O–H groups in total. The zero-order valence-corrected chi connectivity index (χ0v) is 9.08. The standard InChI is InChI=1S/C10H11BrN2O/c11-8-5-13-9-2-1-6(3-7(8)9)10(14)4-12/h1-3,5,10,13-14H,4,12H2. The minimum atomic E-state index is -0.582. The first-order valence-corrected chi connectivity index (χ1v) is 5.16. The van der Waals surface area contributed by atoms with E-state index in [0.717, 1.165) is 20.9 Å². The average molecular weight is 255 g/mol. The summed E-state index contributed by atoms with van der Waals surface area (Å²) in [5, 5.41) is 10.6. The number of aromatic nitrogens is 1. The molecule has 1 aromatic heterocycles. The minimum absolute atomic E-state index is 0.244. The first-order chi connectivity index (χ1) is 6.72. The second-order valence-electron chi connectivity index (χ2n) is 3.19. The van der Waals surface area contributed by atoms with Crippen LogP contribution >= 0.6 is 15.9 Å². The molecule has 4 heteroatoms. The van der Waals surface area contributed by atoms with E-state index in [1.54, 1.807) is 0 Å². The van der Waals surface area contributed by atoms with Crippen molar-refractivity contribution in [2.75, 3.05) is 6.54 Å². The number of hydrogen-bond donors (Lipinski definition) is 3. The number of aromatic amines is 1. The molecule has 0 amide bonds. The third-order valence-corrected chi connectivity index (χ3v) is 2.92. The molecule has 2 rings (SSSR count). The predicted octanol–water partition coefficient (Wildman–Crippen LogP) is 1.92. The number of rotatable bonds is 2. The molecule has 2 aromatic rings. The summed E-state index contributed by atoms with van der Waals surface area (Å²) in [7, 11) is 0. The SMILES string of the molecule is NCC(O)c1ccc2[nH]cc(Br)c2c1. The van der Waals surface area contributed by atoms with Crippen molar-refractivity contribution < 1.29 is 5.11 Å². The number of nitrogens with one attached hydrogen (secondary N) is 1. The maximum absolute atomic E-state index is 9.57. The lowest BCUT2D eigenvalue weighted by atomic mass is 10.1. The third kappa shape index (κ3) is 1.56. The molecular formula is C10H11BrN2O. The van der Waals surface area contributed by atoms with Crippen LogP contribution in [0, 0.1) is 0 Å². The van der Waals surface area contributed by atoms with Gasteiger partial charge in [0.15, 0.2) is 0 Å². The van der Waals surface area contributed by atoms with Crippen LogP contribution in [-0.2, 0) is 0 Å². The number of hydrogen-bond acceptors (Lipinski definition) is 2. The molecule has 0 bridgehead atoms. The highest BCUT2D eigenvalue weighted by molar-refractivity contribution is 9.10. The van der Waals surface area contributed by atoms with Crippen molar-refractivity contribution in [2.45, 2.75) is 6.10 Å². The lowest BCUT2D eigenvalue weighted by molar-refractivity contribution is 0.187. The fourth-order valence-corrected chi connectivity index (χ4v) is 1.89. The van der Waals surface area contributed by atoms with Gasteiger partial charge in [0.25, 0.3) is 0 Å². The summed E-state index contributed by atoms with van der Waals surface area (Å²) in [6, 6.07) is 5.75. The predicted molar refractivity (Wildman–Crippen MR) is 60.0 cm³/mol. The van der Waals surface area contributed by atoms with Gasteiger partial charge in [0, 0.05) is 28.1 Å².